The van der Waals surface area contributed by atoms with Crippen LogP contribution in [0.15, 0.2) is 18.3 Å². The predicted octanol–water partition coefficient (Wildman–Crippen LogP) is 1.82. The number of halogens is 1. The van der Waals surface area contributed by atoms with Crippen LogP contribution in [0.4, 0.5) is 0 Å². The molecule has 0 saturated heterocycles. The summed E-state index contributed by atoms with van der Waals surface area (Å²) in [6, 6.07) is 3.05. The van der Waals surface area contributed by atoms with Crippen molar-refractivity contribution in [3.05, 3.63) is 29.0 Å². The highest BCUT2D eigenvalue weighted by molar-refractivity contribution is 6.30. The van der Waals surface area contributed by atoms with Gasteiger partial charge in [-0.25, -0.2) is 4.98 Å². The van der Waals surface area contributed by atoms with E-state index in [1.807, 2.05) is 0 Å². The Hall–Kier alpha value is -1.62. The minimum atomic E-state index is -0.922. The zero-order valence-electron chi connectivity index (χ0n) is 10.2. The van der Waals surface area contributed by atoms with Crippen molar-refractivity contribution >= 4 is 23.5 Å². The van der Waals surface area contributed by atoms with Crippen molar-refractivity contribution in [1.82, 2.24) is 10.3 Å². The largest absolute Gasteiger partial charge is 0.481 e. The molecular weight excluding hydrogens is 256 g/mol. The van der Waals surface area contributed by atoms with Gasteiger partial charge in [0.25, 0.3) is 5.91 Å². The maximum absolute atomic E-state index is 11.7. The maximum atomic E-state index is 11.7. The number of nitrogens with one attached hydrogen (secondary N) is 1. The van der Waals surface area contributed by atoms with Gasteiger partial charge in [-0.3, -0.25) is 9.59 Å². The SMILES string of the molecule is CC(C)C(CNC(=O)c1ccc(Cl)cn1)C(=O)O. The van der Waals surface area contributed by atoms with Crippen LogP contribution in [0.2, 0.25) is 5.02 Å². The van der Waals surface area contributed by atoms with Crippen molar-refractivity contribution in [3.63, 3.8) is 0 Å². The Kier molecular flexibility index (Phi) is 5.09. The Morgan fingerprint density at radius 2 is 2.11 bits per heavy atom. The molecule has 0 fully saturated rings. The lowest BCUT2D eigenvalue weighted by Crippen LogP contribution is -2.35. The number of nitrogens with zero attached hydrogens (tertiary/aromatic N) is 1. The predicted molar refractivity (Wildman–Crippen MR) is 67.5 cm³/mol. The zero-order valence-corrected chi connectivity index (χ0v) is 10.9. The molecule has 98 valence electrons. The molecule has 1 heterocycles. The molecule has 5 nitrogen and oxygen atoms in total. The highest BCUT2D eigenvalue weighted by atomic mass is 35.5. The van der Waals surface area contributed by atoms with Gasteiger partial charge in [-0.05, 0) is 18.1 Å². The minimum absolute atomic E-state index is 0.0547. The first kappa shape index (κ1) is 14.4. The summed E-state index contributed by atoms with van der Waals surface area (Å²) in [6.07, 6.45) is 1.37. The molecule has 0 bridgehead atoms. The van der Waals surface area contributed by atoms with Crippen molar-refractivity contribution in [2.75, 3.05) is 6.54 Å². The van der Waals surface area contributed by atoms with E-state index in [9.17, 15) is 9.59 Å². The number of carbonyl (C=O) groups excluding carboxylic acids is 1. The number of hydrogen-bond donors (Lipinski definition) is 2. The van der Waals surface area contributed by atoms with Crippen LogP contribution in [0.1, 0.15) is 24.3 Å². The Balaban J connectivity index is 2.60. The number of carbonyl (C=O) groups is 2. The topological polar surface area (TPSA) is 79.3 Å². The van der Waals surface area contributed by atoms with Crippen molar-refractivity contribution in [2.24, 2.45) is 11.8 Å². The monoisotopic (exact) mass is 270 g/mol. The van der Waals surface area contributed by atoms with Gasteiger partial charge >= 0.3 is 5.97 Å². The number of amides is 1. The van der Waals surface area contributed by atoms with Gasteiger partial charge in [0.1, 0.15) is 5.69 Å². The minimum Gasteiger partial charge on any atom is -0.481 e. The highest BCUT2D eigenvalue weighted by Gasteiger charge is 2.22. The molecular formula is C12H15ClN2O3. The average Bonchev–Trinajstić information content (AvgIpc) is 2.28. The van der Waals surface area contributed by atoms with Crippen LogP contribution in [0, 0.1) is 11.8 Å². The molecule has 0 aliphatic rings. The molecule has 1 amide bonds. The van der Waals surface area contributed by atoms with E-state index >= 15 is 0 Å². The van der Waals surface area contributed by atoms with Crippen LogP contribution >= 0.6 is 11.6 Å². The fraction of sp³-hybridized carbons (Fsp3) is 0.417. The van der Waals surface area contributed by atoms with Gasteiger partial charge in [0, 0.05) is 12.7 Å². The van der Waals surface area contributed by atoms with E-state index in [0.29, 0.717) is 5.02 Å². The molecule has 0 aromatic carbocycles. The fourth-order valence-electron chi connectivity index (χ4n) is 1.41. The van der Waals surface area contributed by atoms with Gasteiger partial charge in [-0.1, -0.05) is 25.4 Å². The zero-order chi connectivity index (χ0) is 13.7. The lowest BCUT2D eigenvalue weighted by atomic mass is 9.96. The number of rotatable bonds is 5. The van der Waals surface area contributed by atoms with Crippen molar-refractivity contribution in [2.45, 2.75) is 13.8 Å². The van der Waals surface area contributed by atoms with Gasteiger partial charge in [0.15, 0.2) is 0 Å². The van der Waals surface area contributed by atoms with Gasteiger partial charge < -0.3 is 10.4 Å². The second-order valence-corrected chi connectivity index (χ2v) is 4.70. The van der Waals surface area contributed by atoms with Crippen LogP contribution in [-0.2, 0) is 4.79 Å². The summed E-state index contributed by atoms with van der Waals surface area (Å²) >= 11 is 5.66. The van der Waals surface area contributed by atoms with Gasteiger partial charge in [-0.2, -0.15) is 0 Å². The smallest absolute Gasteiger partial charge is 0.308 e. The molecule has 0 aliphatic heterocycles. The number of carboxylic acid groups (broad SMARTS) is 1. The summed E-state index contributed by atoms with van der Waals surface area (Å²) in [7, 11) is 0. The number of pyridine rings is 1. The molecule has 2 N–H and O–H groups in total. The summed E-state index contributed by atoms with van der Waals surface area (Å²) in [4.78, 5) is 26.5. The van der Waals surface area contributed by atoms with E-state index in [4.69, 9.17) is 16.7 Å². The van der Waals surface area contributed by atoms with E-state index in [2.05, 4.69) is 10.3 Å². The second kappa shape index (κ2) is 6.35. The first-order valence-corrected chi connectivity index (χ1v) is 5.92. The molecule has 0 radical (unpaired) electrons. The average molecular weight is 271 g/mol. The molecule has 6 heteroatoms. The van der Waals surface area contributed by atoms with Crippen molar-refractivity contribution in [3.8, 4) is 0 Å². The van der Waals surface area contributed by atoms with Crippen molar-refractivity contribution in [1.29, 1.82) is 0 Å². The first-order valence-electron chi connectivity index (χ1n) is 5.54. The molecule has 18 heavy (non-hydrogen) atoms. The summed E-state index contributed by atoms with van der Waals surface area (Å²) in [6.45, 7) is 3.67. The van der Waals surface area contributed by atoms with Gasteiger partial charge in [0.2, 0.25) is 0 Å². The highest BCUT2D eigenvalue weighted by Crippen LogP contribution is 2.10. The Labute approximate surface area is 110 Å². The molecule has 0 aliphatic carbocycles. The Bertz CT molecular complexity index is 431. The maximum Gasteiger partial charge on any atom is 0.308 e. The molecule has 1 aromatic heterocycles. The van der Waals surface area contributed by atoms with Crippen LogP contribution < -0.4 is 5.32 Å². The van der Waals surface area contributed by atoms with E-state index < -0.39 is 17.8 Å². The fourth-order valence-corrected chi connectivity index (χ4v) is 1.52. The van der Waals surface area contributed by atoms with Gasteiger partial charge in [-0.15, -0.1) is 0 Å². The normalized spacial score (nSPS) is 12.2. The van der Waals surface area contributed by atoms with Crippen molar-refractivity contribution < 1.29 is 14.7 Å². The summed E-state index contributed by atoms with van der Waals surface area (Å²) in [5, 5.41) is 12.0. The molecule has 1 aromatic rings. The summed E-state index contributed by atoms with van der Waals surface area (Å²) in [5.41, 5.74) is 0.215. The third kappa shape index (κ3) is 4.00. The van der Waals surface area contributed by atoms with E-state index in [1.54, 1.807) is 19.9 Å². The molecule has 1 unspecified atom stereocenters. The molecule has 0 saturated carbocycles. The number of hydrogen-bond acceptors (Lipinski definition) is 3. The van der Waals surface area contributed by atoms with Gasteiger partial charge in [0.05, 0.1) is 10.9 Å². The van der Waals surface area contributed by atoms with Crippen LogP contribution in [0.25, 0.3) is 0 Å². The summed E-state index contributed by atoms with van der Waals surface area (Å²) in [5.74, 6) is -1.99. The third-order valence-electron chi connectivity index (χ3n) is 2.56. The number of aromatic nitrogens is 1. The number of aliphatic carboxylic acids is 1. The summed E-state index contributed by atoms with van der Waals surface area (Å²) < 4.78 is 0. The quantitative estimate of drug-likeness (QED) is 0.855. The van der Waals surface area contributed by atoms with E-state index in [1.165, 1.54) is 12.3 Å². The molecule has 1 atom stereocenters. The number of carboxylic acids is 1. The third-order valence-corrected chi connectivity index (χ3v) is 2.79. The Morgan fingerprint density at radius 1 is 1.44 bits per heavy atom. The van der Waals surface area contributed by atoms with Crippen LogP contribution in [0.5, 0.6) is 0 Å². The van der Waals surface area contributed by atoms with E-state index in [-0.39, 0.29) is 18.2 Å². The lowest BCUT2D eigenvalue weighted by molar-refractivity contribution is -0.142. The second-order valence-electron chi connectivity index (χ2n) is 4.26. The molecule has 1 rings (SSSR count). The Morgan fingerprint density at radius 3 is 2.56 bits per heavy atom. The lowest BCUT2D eigenvalue weighted by Gasteiger charge is -2.16. The van der Waals surface area contributed by atoms with Crippen LogP contribution in [0.3, 0.4) is 0 Å². The standard InChI is InChI=1S/C12H15ClN2O3/c1-7(2)9(12(17)18)6-15-11(16)10-4-3-8(13)5-14-10/h3-5,7,9H,6H2,1-2H3,(H,15,16)(H,17,18). The van der Waals surface area contributed by atoms with Crippen LogP contribution in [-0.4, -0.2) is 28.5 Å². The molecule has 0 spiro atoms. The first-order chi connectivity index (χ1) is 8.41. The van der Waals surface area contributed by atoms with E-state index in [0.717, 1.165) is 0 Å².